The van der Waals surface area contributed by atoms with Crippen LogP contribution in [0.1, 0.15) is 5.56 Å². The van der Waals surface area contributed by atoms with Gasteiger partial charge in [-0.1, -0.05) is 18.2 Å². The molecule has 6 nitrogen and oxygen atoms in total. The van der Waals surface area contributed by atoms with E-state index in [1.807, 2.05) is 56.6 Å². The Kier molecular flexibility index (Phi) is 11.2. The lowest BCUT2D eigenvalue weighted by atomic mass is 10.2. The third-order valence-electron chi connectivity index (χ3n) is 3.76. The molecule has 2 N–H and O–H groups in total. The van der Waals surface area contributed by atoms with Gasteiger partial charge in [-0.2, -0.15) is 0 Å². The molecule has 0 saturated heterocycles. The van der Waals surface area contributed by atoms with Crippen molar-refractivity contribution in [1.82, 2.24) is 10.2 Å². The van der Waals surface area contributed by atoms with E-state index in [9.17, 15) is 4.79 Å². The second-order valence-electron chi connectivity index (χ2n) is 6.29. The highest BCUT2D eigenvalue weighted by atomic mass is 127. The standard InChI is InChI=1S/C20H26IN3O3.ClH/c1-24(2)10-9-22-13-15-11-17(21)20(18(12-15)26-3)27-14-19(25)23-16-7-5-4-6-8-16;/h4-8,11-12,22H,9-10,13-14H2,1-3H3,(H,23,25);1H. The van der Waals surface area contributed by atoms with Crippen molar-refractivity contribution in [3.8, 4) is 11.5 Å². The molecule has 2 aromatic rings. The maximum absolute atomic E-state index is 12.1. The number of halogens is 2. The molecule has 28 heavy (non-hydrogen) atoms. The maximum Gasteiger partial charge on any atom is 0.262 e. The number of hydrogen-bond acceptors (Lipinski definition) is 5. The van der Waals surface area contributed by atoms with Gasteiger partial charge >= 0.3 is 0 Å². The lowest BCUT2D eigenvalue weighted by molar-refractivity contribution is -0.118. The topological polar surface area (TPSA) is 62.8 Å². The highest BCUT2D eigenvalue weighted by Gasteiger charge is 2.13. The maximum atomic E-state index is 12.1. The smallest absolute Gasteiger partial charge is 0.262 e. The Balaban J connectivity index is 0.00000392. The Morgan fingerprint density at radius 1 is 1.18 bits per heavy atom. The fourth-order valence-electron chi connectivity index (χ4n) is 2.41. The van der Waals surface area contributed by atoms with E-state index in [4.69, 9.17) is 9.47 Å². The molecule has 0 aliphatic carbocycles. The summed E-state index contributed by atoms with van der Waals surface area (Å²) in [6, 6.07) is 13.3. The van der Waals surface area contributed by atoms with Crippen LogP contribution in [-0.4, -0.2) is 51.7 Å². The Morgan fingerprint density at radius 2 is 1.89 bits per heavy atom. The van der Waals surface area contributed by atoms with E-state index < -0.39 is 0 Å². The number of nitrogens with zero attached hydrogens (tertiary/aromatic N) is 1. The first-order valence-electron chi connectivity index (χ1n) is 8.69. The number of methoxy groups -OCH3 is 1. The van der Waals surface area contributed by atoms with Gasteiger partial charge in [0.15, 0.2) is 18.1 Å². The van der Waals surface area contributed by atoms with Crippen molar-refractivity contribution < 1.29 is 14.3 Å². The zero-order valence-corrected chi connectivity index (χ0v) is 19.3. The molecule has 0 spiro atoms. The number of hydrogen-bond donors (Lipinski definition) is 2. The highest BCUT2D eigenvalue weighted by Crippen LogP contribution is 2.34. The molecule has 0 aliphatic heterocycles. The zero-order chi connectivity index (χ0) is 19.6. The Labute approximate surface area is 186 Å². The molecule has 0 aromatic heterocycles. The number of anilines is 1. The molecule has 0 saturated carbocycles. The third kappa shape index (κ3) is 8.22. The monoisotopic (exact) mass is 519 g/mol. The van der Waals surface area contributed by atoms with Gasteiger partial charge in [0, 0.05) is 25.3 Å². The summed E-state index contributed by atoms with van der Waals surface area (Å²) in [4.78, 5) is 14.2. The van der Waals surface area contributed by atoms with Crippen LogP contribution >= 0.6 is 35.0 Å². The normalized spacial score (nSPS) is 10.3. The number of carbonyl (C=O) groups is 1. The van der Waals surface area contributed by atoms with E-state index in [0.29, 0.717) is 11.5 Å². The lowest BCUT2D eigenvalue weighted by Gasteiger charge is -2.15. The number of rotatable bonds is 10. The van der Waals surface area contributed by atoms with Crippen molar-refractivity contribution in [1.29, 1.82) is 0 Å². The van der Waals surface area contributed by atoms with Gasteiger partial charge in [-0.05, 0) is 66.5 Å². The van der Waals surface area contributed by atoms with E-state index in [-0.39, 0.29) is 24.9 Å². The Bertz CT molecular complexity index is 745. The number of benzene rings is 2. The van der Waals surface area contributed by atoms with Gasteiger partial charge in [0.05, 0.1) is 10.7 Å². The molecule has 0 atom stereocenters. The number of amides is 1. The zero-order valence-electron chi connectivity index (χ0n) is 16.3. The molecule has 2 aromatic carbocycles. The van der Waals surface area contributed by atoms with E-state index in [0.717, 1.165) is 34.5 Å². The molecule has 154 valence electrons. The minimum Gasteiger partial charge on any atom is -0.493 e. The summed E-state index contributed by atoms with van der Waals surface area (Å²) >= 11 is 2.20. The van der Waals surface area contributed by atoms with Crippen LogP contribution < -0.4 is 20.1 Å². The van der Waals surface area contributed by atoms with Crippen LogP contribution in [0.25, 0.3) is 0 Å². The van der Waals surface area contributed by atoms with Crippen LogP contribution in [0.5, 0.6) is 11.5 Å². The largest absolute Gasteiger partial charge is 0.493 e. The first kappa shape index (κ1) is 24.5. The summed E-state index contributed by atoms with van der Waals surface area (Å²) < 4.78 is 12.1. The first-order chi connectivity index (χ1) is 13.0. The van der Waals surface area contributed by atoms with Crippen LogP contribution in [0, 0.1) is 3.57 Å². The fraction of sp³-hybridized carbons (Fsp3) is 0.350. The molecular weight excluding hydrogens is 493 g/mol. The van der Waals surface area contributed by atoms with E-state index >= 15 is 0 Å². The summed E-state index contributed by atoms with van der Waals surface area (Å²) in [6.45, 7) is 2.55. The highest BCUT2D eigenvalue weighted by molar-refractivity contribution is 14.1. The van der Waals surface area contributed by atoms with Gasteiger partial charge in [-0.3, -0.25) is 4.79 Å². The fourth-order valence-corrected chi connectivity index (χ4v) is 3.23. The molecule has 0 bridgehead atoms. The molecule has 0 heterocycles. The van der Waals surface area contributed by atoms with Gasteiger partial charge in [0.2, 0.25) is 0 Å². The van der Waals surface area contributed by atoms with Crippen LogP contribution in [0.3, 0.4) is 0 Å². The quantitative estimate of drug-likeness (QED) is 0.372. The molecular formula is C20H27ClIN3O3. The molecule has 0 fully saturated rings. The van der Waals surface area contributed by atoms with Crippen molar-refractivity contribution in [3.63, 3.8) is 0 Å². The molecule has 8 heteroatoms. The van der Waals surface area contributed by atoms with Gasteiger partial charge in [0.1, 0.15) is 0 Å². The van der Waals surface area contributed by atoms with Crippen molar-refractivity contribution in [2.75, 3.05) is 46.2 Å². The second kappa shape index (κ2) is 12.8. The predicted molar refractivity (Wildman–Crippen MR) is 124 cm³/mol. The van der Waals surface area contributed by atoms with Gasteiger partial charge in [0.25, 0.3) is 5.91 Å². The third-order valence-corrected chi connectivity index (χ3v) is 4.56. The minimum absolute atomic E-state index is 0. The van der Waals surface area contributed by atoms with E-state index in [1.54, 1.807) is 7.11 Å². The van der Waals surface area contributed by atoms with Crippen molar-refractivity contribution in [2.45, 2.75) is 6.54 Å². The molecule has 2 rings (SSSR count). The minimum atomic E-state index is -0.214. The SMILES string of the molecule is COc1cc(CNCCN(C)C)cc(I)c1OCC(=O)Nc1ccccc1.Cl. The van der Waals surface area contributed by atoms with Crippen molar-refractivity contribution >= 4 is 46.6 Å². The lowest BCUT2D eigenvalue weighted by Crippen LogP contribution is -2.26. The Hall–Kier alpha value is -1.55. The molecule has 0 unspecified atom stereocenters. The van der Waals surface area contributed by atoms with Crippen LogP contribution in [-0.2, 0) is 11.3 Å². The van der Waals surface area contributed by atoms with Crippen LogP contribution in [0.15, 0.2) is 42.5 Å². The van der Waals surface area contributed by atoms with Crippen molar-refractivity contribution in [3.05, 3.63) is 51.6 Å². The molecule has 0 radical (unpaired) electrons. The van der Waals surface area contributed by atoms with Crippen LogP contribution in [0.4, 0.5) is 5.69 Å². The Morgan fingerprint density at radius 3 is 2.54 bits per heavy atom. The molecule has 0 aliphatic rings. The van der Waals surface area contributed by atoms with Crippen molar-refractivity contribution in [2.24, 2.45) is 0 Å². The van der Waals surface area contributed by atoms with Gasteiger partial charge in [-0.25, -0.2) is 0 Å². The number of ether oxygens (including phenoxy) is 2. The summed E-state index contributed by atoms with van der Waals surface area (Å²) in [5, 5.41) is 6.21. The van der Waals surface area contributed by atoms with E-state index in [1.165, 1.54) is 0 Å². The summed E-state index contributed by atoms with van der Waals surface area (Å²) in [5.41, 5.74) is 1.85. The predicted octanol–water partition coefficient (Wildman–Crippen LogP) is 3.39. The average molecular weight is 520 g/mol. The summed E-state index contributed by atoms with van der Waals surface area (Å²) in [5.74, 6) is 0.991. The summed E-state index contributed by atoms with van der Waals surface area (Å²) in [6.07, 6.45) is 0. The van der Waals surface area contributed by atoms with Crippen LogP contribution in [0.2, 0.25) is 0 Å². The van der Waals surface area contributed by atoms with E-state index in [2.05, 4.69) is 38.1 Å². The van der Waals surface area contributed by atoms with Gasteiger partial charge < -0.3 is 25.0 Å². The number of para-hydroxylation sites is 1. The number of nitrogens with one attached hydrogen (secondary N) is 2. The summed E-state index contributed by atoms with van der Waals surface area (Å²) in [7, 11) is 5.70. The average Bonchev–Trinajstić information content (AvgIpc) is 2.64. The molecule has 1 amide bonds. The second-order valence-corrected chi connectivity index (χ2v) is 7.45. The number of carbonyl (C=O) groups excluding carboxylic acids is 1. The van der Waals surface area contributed by atoms with Gasteiger partial charge in [-0.15, -0.1) is 12.4 Å². The first-order valence-corrected chi connectivity index (χ1v) is 9.77. The number of likely N-dealkylation sites (N-methyl/N-ethyl adjacent to an activating group) is 1.